The summed E-state index contributed by atoms with van der Waals surface area (Å²) in [7, 11) is 1.58. The molecule has 3 nitrogen and oxygen atoms in total. The van der Waals surface area contributed by atoms with Crippen molar-refractivity contribution in [2.24, 2.45) is 0 Å². The number of nitrogens with zero attached hydrogens (tertiary/aromatic N) is 2. The highest BCUT2D eigenvalue weighted by atomic mass is 79.9. The van der Waals surface area contributed by atoms with Crippen molar-refractivity contribution in [3.63, 3.8) is 0 Å². The van der Waals surface area contributed by atoms with Gasteiger partial charge in [-0.25, -0.2) is 9.97 Å². The standard InChI is InChI=1S/C9H7BrN2O/c1-13-8-5-11-9-6(10)3-2-4-7(9)12-8/h2-5H,1H3. The van der Waals surface area contributed by atoms with Gasteiger partial charge in [-0.15, -0.1) is 0 Å². The number of aromatic nitrogens is 2. The fourth-order valence-electron chi connectivity index (χ4n) is 1.09. The predicted octanol–water partition coefficient (Wildman–Crippen LogP) is 2.40. The molecular weight excluding hydrogens is 232 g/mol. The summed E-state index contributed by atoms with van der Waals surface area (Å²) in [6.45, 7) is 0. The van der Waals surface area contributed by atoms with Gasteiger partial charge in [0, 0.05) is 4.47 Å². The Kier molecular flexibility index (Phi) is 2.14. The van der Waals surface area contributed by atoms with Crippen molar-refractivity contribution < 1.29 is 4.74 Å². The van der Waals surface area contributed by atoms with E-state index in [4.69, 9.17) is 4.74 Å². The number of fused-ring (bicyclic) bond motifs is 1. The van der Waals surface area contributed by atoms with E-state index in [-0.39, 0.29) is 0 Å². The van der Waals surface area contributed by atoms with E-state index in [1.165, 1.54) is 0 Å². The number of methoxy groups -OCH3 is 1. The number of ether oxygens (including phenoxy) is 1. The summed E-state index contributed by atoms with van der Waals surface area (Å²) >= 11 is 3.40. The second kappa shape index (κ2) is 3.30. The van der Waals surface area contributed by atoms with Crippen LogP contribution in [0, 0.1) is 0 Å². The molecule has 0 aliphatic heterocycles. The topological polar surface area (TPSA) is 35.0 Å². The van der Waals surface area contributed by atoms with Crippen LogP contribution in [0.25, 0.3) is 11.0 Å². The molecule has 0 fully saturated rings. The van der Waals surface area contributed by atoms with Crippen molar-refractivity contribution in [2.75, 3.05) is 7.11 Å². The molecule has 4 heteroatoms. The minimum Gasteiger partial charge on any atom is -0.480 e. The molecule has 66 valence electrons. The average molecular weight is 239 g/mol. The molecule has 1 aromatic heterocycles. The van der Waals surface area contributed by atoms with Crippen LogP contribution in [0.2, 0.25) is 0 Å². The second-order valence-electron chi connectivity index (χ2n) is 2.52. The molecule has 0 saturated heterocycles. The monoisotopic (exact) mass is 238 g/mol. The fraction of sp³-hybridized carbons (Fsp3) is 0.111. The predicted molar refractivity (Wildman–Crippen MR) is 53.8 cm³/mol. The summed E-state index contributed by atoms with van der Waals surface area (Å²) in [4.78, 5) is 8.46. The maximum absolute atomic E-state index is 4.97. The van der Waals surface area contributed by atoms with E-state index < -0.39 is 0 Å². The summed E-state index contributed by atoms with van der Waals surface area (Å²) in [6, 6.07) is 5.75. The van der Waals surface area contributed by atoms with Crippen LogP contribution in [0.3, 0.4) is 0 Å². The van der Waals surface area contributed by atoms with Gasteiger partial charge in [0.25, 0.3) is 0 Å². The van der Waals surface area contributed by atoms with Crippen LogP contribution in [-0.2, 0) is 0 Å². The number of halogens is 1. The largest absolute Gasteiger partial charge is 0.480 e. The molecule has 1 aromatic carbocycles. The molecule has 0 radical (unpaired) electrons. The fourth-order valence-corrected chi connectivity index (χ4v) is 1.55. The first-order chi connectivity index (χ1) is 6.31. The molecule has 0 aliphatic carbocycles. The first kappa shape index (κ1) is 8.44. The first-order valence-electron chi connectivity index (χ1n) is 3.76. The van der Waals surface area contributed by atoms with E-state index in [1.54, 1.807) is 13.3 Å². The quantitative estimate of drug-likeness (QED) is 0.766. The Balaban J connectivity index is 2.72. The van der Waals surface area contributed by atoms with Gasteiger partial charge in [0.15, 0.2) is 0 Å². The van der Waals surface area contributed by atoms with E-state index in [0.29, 0.717) is 5.88 Å². The second-order valence-corrected chi connectivity index (χ2v) is 3.37. The van der Waals surface area contributed by atoms with Crippen molar-refractivity contribution in [2.45, 2.75) is 0 Å². The molecule has 0 N–H and O–H groups in total. The molecule has 2 rings (SSSR count). The van der Waals surface area contributed by atoms with Crippen LogP contribution in [0.4, 0.5) is 0 Å². The van der Waals surface area contributed by atoms with Crippen LogP contribution in [0.15, 0.2) is 28.9 Å². The maximum atomic E-state index is 4.97. The Morgan fingerprint density at radius 1 is 1.38 bits per heavy atom. The summed E-state index contributed by atoms with van der Waals surface area (Å²) < 4.78 is 5.92. The zero-order valence-corrected chi connectivity index (χ0v) is 8.58. The third-order valence-corrected chi connectivity index (χ3v) is 2.35. The Bertz CT molecular complexity index is 445. The van der Waals surface area contributed by atoms with E-state index in [1.807, 2.05) is 18.2 Å². The lowest BCUT2D eigenvalue weighted by Gasteiger charge is -2.01. The summed E-state index contributed by atoms with van der Waals surface area (Å²) in [6.07, 6.45) is 1.60. The Morgan fingerprint density at radius 2 is 2.23 bits per heavy atom. The van der Waals surface area contributed by atoms with Crippen molar-refractivity contribution in [3.05, 3.63) is 28.9 Å². The lowest BCUT2D eigenvalue weighted by molar-refractivity contribution is 0.397. The van der Waals surface area contributed by atoms with Gasteiger partial charge < -0.3 is 4.74 Å². The van der Waals surface area contributed by atoms with Gasteiger partial charge in [0.2, 0.25) is 5.88 Å². The van der Waals surface area contributed by atoms with Crippen LogP contribution < -0.4 is 4.74 Å². The Hall–Kier alpha value is -1.16. The molecule has 0 unspecified atom stereocenters. The lowest BCUT2D eigenvalue weighted by Crippen LogP contribution is -1.90. The van der Waals surface area contributed by atoms with Crippen molar-refractivity contribution in [3.8, 4) is 5.88 Å². The van der Waals surface area contributed by atoms with Gasteiger partial charge in [0.1, 0.15) is 5.52 Å². The van der Waals surface area contributed by atoms with E-state index in [2.05, 4.69) is 25.9 Å². The number of benzene rings is 1. The van der Waals surface area contributed by atoms with Gasteiger partial charge >= 0.3 is 0 Å². The van der Waals surface area contributed by atoms with Gasteiger partial charge in [-0.05, 0) is 28.1 Å². The highest BCUT2D eigenvalue weighted by molar-refractivity contribution is 9.10. The molecule has 0 saturated carbocycles. The van der Waals surface area contributed by atoms with Crippen molar-refractivity contribution >= 4 is 27.0 Å². The number of hydrogen-bond donors (Lipinski definition) is 0. The summed E-state index contributed by atoms with van der Waals surface area (Å²) in [5.74, 6) is 0.533. The highest BCUT2D eigenvalue weighted by Gasteiger charge is 2.01. The molecule has 0 bridgehead atoms. The summed E-state index contributed by atoms with van der Waals surface area (Å²) in [5, 5.41) is 0. The van der Waals surface area contributed by atoms with Gasteiger partial charge in [-0.2, -0.15) is 0 Å². The Morgan fingerprint density at radius 3 is 3.00 bits per heavy atom. The smallest absolute Gasteiger partial charge is 0.232 e. The van der Waals surface area contributed by atoms with Crippen LogP contribution >= 0.6 is 15.9 Å². The third-order valence-electron chi connectivity index (χ3n) is 1.71. The third kappa shape index (κ3) is 1.49. The SMILES string of the molecule is COc1cnc2c(Br)cccc2n1. The van der Waals surface area contributed by atoms with E-state index >= 15 is 0 Å². The molecule has 1 heterocycles. The number of rotatable bonds is 1. The van der Waals surface area contributed by atoms with Crippen LogP contribution in [-0.4, -0.2) is 17.1 Å². The van der Waals surface area contributed by atoms with Gasteiger partial charge in [-0.3, -0.25) is 0 Å². The molecule has 0 atom stereocenters. The Labute approximate surface area is 83.9 Å². The minimum absolute atomic E-state index is 0.533. The van der Waals surface area contributed by atoms with Gasteiger partial charge in [-0.1, -0.05) is 6.07 Å². The summed E-state index contributed by atoms with van der Waals surface area (Å²) in [5.41, 5.74) is 1.68. The highest BCUT2D eigenvalue weighted by Crippen LogP contribution is 2.21. The zero-order valence-electron chi connectivity index (χ0n) is 6.99. The minimum atomic E-state index is 0.533. The number of para-hydroxylation sites is 1. The first-order valence-corrected chi connectivity index (χ1v) is 4.56. The molecular formula is C9H7BrN2O. The normalized spacial score (nSPS) is 10.3. The average Bonchev–Trinajstić information content (AvgIpc) is 2.18. The van der Waals surface area contributed by atoms with Crippen molar-refractivity contribution in [1.82, 2.24) is 9.97 Å². The van der Waals surface area contributed by atoms with E-state index in [0.717, 1.165) is 15.5 Å². The van der Waals surface area contributed by atoms with Crippen LogP contribution in [0.5, 0.6) is 5.88 Å². The lowest BCUT2D eigenvalue weighted by atomic mass is 10.3. The molecule has 2 aromatic rings. The zero-order chi connectivity index (χ0) is 9.26. The molecule has 0 spiro atoms. The number of hydrogen-bond acceptors (Lipinski definition) is 3. The molecule has 13 heavy (non-hydrogen) atoms. The van der Waals surface area contributed by atoms with E-state index in [9.17, 15) is 0 Å². The van der Waals surface area contributed by atoms with Crippen LogP contribution in [0.1, 0.15) is 0 Å². The van der Waals surface area contributed by atoms with Gasteiger partial charge in [0.05, 0.1) is 18.8 Å². The molecule has 0 amide bonds. The van der Waals surface area contributed by atoms with Crippen molar-refractivity contribution in [1.29, 1.82) is 0 Å². The molecule has 0 aliphatic rings. The maximum Gasteiger partial charge on any atom is 0.232 e.